The number of fused-ring (bicyclic) bond motifs is 5. The molecule has 0 saturated heterocycles. The van der Waals surface area contributed by atoms with Gasteiger partial charge in [-0.25, -0.2) is 0 Å². The van der Waals surface area contributed by atoms with Crippen molar-refractivity contribution in [3.63, 3.8) is 0 Å². The minimum Gasteiger partial charge on any atom is -0.508 e. The number of hydrogen-bond acceptors (Lipinski definition) is 2. The van der Waals surface area contributed by atoms with Gasteiger partial charge in [-0.1, -0.05) is 19.1 Å². The Morgan fingerprint density at radius 3 is 3.00 bits per heavy atom. The summed E-state index contributed by atoms with van der Waals surface area (Å²) in [5.74, 6) is 2.99. The number of allylic oxidation sites excluding steroid dienone is 5. The normalized spacial score (nSPS) is 49.8. The molecule has 0 amide bonds. The lowest BCUT2D eigenvalue weighted by molar-refractivity contribution is 0.0244. The molecule has 0 heterocycles. The van der Waals surface area contributed by atoms with Crippen molar-refractivity contribution in [2.45, 2.75) is 45.1 Å². The zero-order valence-electron chi connectivity index (χ0n) is 12.1. The molecule has 4 aliphatic rings. The zero-order chi connectivity index (χ0) is 13.9. The molecule has 4 rings (SSSR count). The molecule has 2 fully saturated rings. The molecule has 0 radical (unpaired) electrons. The van der Waals surface area contributed by atoms with Crippen LogP contribution in [0.15, 0.2) is 35.6 Å². The molecule has 0 aromatic heterocycles. The van der Waals surface area contributed by atoms with Crippen molar-refractivity contribution in [2.75, 3.05) is 0 Å². The Morgan fingerprint density at radius 1 is 1.30 bits per heavy atom. The van der Waals surface area contributed by atoms with Gasteiger partial charge in [-0.2, -0.15) is 0 Å². The Balaban J connectivity index is 1.67. The van der Waals surface area contributed by atoms with Gasteiger partial charge in [0.05, 0.1) is 6.10 Å². The molecule has 0 spiro atoms. The molecule has 2 nitrogen and oxygen atoms in total. The van der Waals surface area contributed by atoms with Gasteiger partial charge in [0.25, 0.3) is 0 Å². The standard InChI is InChI=1S/C18H24O2/c1-18-7-6-15-14-5-3-12(19)8-11(14)2-4-16(15)17(18)9-13(20)10-18/h2-3,5,8,13-17,19-20H,4,6-7,9-10H2,1H3/t13?,14-,15+,16+,17-,18+/m0/s1. The Hall–Kier alpha value is -1.02. The van der Waals surface area contributed by atoms with Crippen LogP contribution in [0.4, 0.5) is 0 Å². The van der Waals surface area contributed by atoms with Crippen LogP contribution in [0.1, 0.15) is 39.0 Å². The van der Waals surface area contributed by atoms with E-state index in [9.17, 15) is 10.2 Å². The van der Waals surface area contributed by atoms with Gasteiger partial charge in [0.15, 0.2) is 0 Å². The SMILES string of the molecule is C[C@]12CC[C@H]3[C@@H](CC=C4C=C(O)C=C[C@@H]43)[C@@H]1CC(O)C2. The Bertz CT molecular complexity index is 516. The van der Waals surface area contributed by atoms with Crippen molar-refractivity contribution in [1.82, 2.24) is 0 Å². The first-order valence-electron chi connectivity index (χ1n) is 8.04. The van der Waals surface area contributed by atoms with Gasteiger partial charge >= 0.3 is 0 Å². The second kappa shape index (κ2) is 4.24. The fraction of sp³-hybridized carbons (Fsp3) is 0.667. The summed E-state index contributed by atoms with van der Waals surface area (Å²) < 4.78 is 0. The van der Waals surface area contributed by atoms with E-state index in [1.165, 1.54) is 18.4 Å². The first kappa shape index (κ1) is 12.7. The topological polar surface area (TPSA) is 40.5 Å². The van der Waals surface area contributed by atoms with Crippen LogP contribution in [0.2, 0.25) is 0 Å². The number of aliphatic hydroxyl groups is 2. The van der Waals surface area contributed by atoms with E-state index in [0.717, 1.165) is 25.2 Å². The lowest BCUT2D eigenvalue weighted by Gasteiger charge is -2.50. The van der Waals surface area contributed by atoms with Gasteiger partial charge < -0.3 is 10.2 Å². The lowest BCUT2D eigenvalue weighted by atomic mass is 9.54. The summed E-state index contributed by atoms with van der Waals surface area (Å²) in [7, 11) is 0. The van der Waals surface area contributed by atoms with Crippen LogP contribution in [-0.2, 0) is 0 Å². The average molecular weight is 272 g/mol. The third-order valence-electron chi connectivity index (χ3n) is 6.50. The van der Waals surface area contributed by atoms with Gasteiger partial charge in [-0.05, 0) is 73.0 Å². The molecule has 1 unspecified atom stereocenters. The van der Waals surface area contributed by atoms with E-state index in [1.807, 2.05) is 12.2 Å². The molecular weight excluding hydrogens is 248 g/mol. The van der Waals surface area contributed by atoms with Crippen LogP contribution in [0, 0.1) is 29.1 Å². The Kier molecular flexibility index (Phi) is 2.69. The fourth-order valence-electron chi connectivity index (χ4n) is 5.61. The lowest BCUT2D eigenvalue weighted by Crippen LogP contribution is -2.42. The van der Waals surface area contributed by atoms with Crippen molar-refractivity contribution < 1.29 is 10.2 Å². The fourth-order valence-corrected chi connectivity index (χ4v) is 5.61. The van der Waals surface area contributed by atoms with E-state index in [0.29, 0.717) is 28.9 Å². The summed E-state index contributed by atoms with van der Waals surface area (Å²) in [6.07, 6.45) is 13.9. The molecule has 6 atom stereocenters. The Morgan fingerprint density at radius 2 is 2.15 bits per heavy atom. The monoisotopic (exact) mass is 272 g/mol. The van der Waals surface area contributed by atoms with E-state index < -0.39 is 0 Å². The van der Waals surface area contributed by atoms with Gasteiger partial charge in [-0.3, -0.25) is 0 Å². The minimum atomic E-state index is -0.0834. The predicted octanol–water partition coefficient (Wildman–Crippen LogP) is 3.75. The second-order valence-corrected chi connectivity index (χ2v) is 7.61. The maximum atomic E-state index is 10.1. The first-order chi connectivity index (χ1) is 9.57. The molecular formula is C18H24O2. The van der Waals surface area contributed by atoms with Gasteiger partial charge in [0.1, 0.15) is 5.76 Å². The third-order valence-corrected chi connectivity index (χ3v) is 6.50. The summed E-state index contributed by atoms with van der Waals surface area (Å²) in [6, 6.07) is 0. The molecule has 0 aromatic carbocycles. The third kappa shape index (κ3) is 1.74. The van der Waals surface area contributed by atoms with Crippen LogP contribution < -0.4 is 0 Å². The maximum Gasteiger partial charge on any atom is 0.115 e. The number of aliphatic hydroxyl groups excluding tert-OH is 2. The van der Waals surface area contributed by atoms with E-state index in [2.05, 4.69) is 19.1 Å². The highest BCUT2D eigenvalue weighted by molar-refractivity contribution is 5.38. The van der Waals surface area contributed by atoms with Crippen LogP contribution in [0.5, 0.6) is 0 Å². The first-order valence-corrected chi connectivity index (χ1v) is 8.04. The molecule has 2 heteroatoms. The highest BCUT2D eigenvalue weighted by Gasteiger charge is 2.53. The van der Waals surface area contributed by atoms with Crippen molar-refractivity contribution in [3.8, 4) is 0 Å². The second-order valence-electron chi connectivity index (χ2n) is 7.61. The van der Waals surface area contributed by atoms with E-state index in [-0.39, 0.29) is 6.10 Å². The maximum absolute atomic E-state index is 10.1. The summed E-state index contributed by atoms with van der Waals surface area (Å²) >= 11 is 0. The molecule has 2 N–H and O–H groups in total. The van der Waals surface area contributed by atoms with Crippen molar-refractivity contribution in [2.24, 2.45) is 29.1 Å². The number of rotatable bonds is 0. The predicted molar refractivity (Wildman–Crippen MR) is 79.1 cm³/mol. The van der Waals surface area contributed by atoms with Gasteiger partial charge in [0, 0.05) is 5.92 Å². The van der Waals surface area contributed by atoms with Crippen LogP contribution >= 0.6 is 0 Å². The van der Waals surface area contributed by atoms with Crippen LogP contribution in [-0.4, -0.2) is 16.3 Å². The summed E-state index contributed by atoms with van der Waals surface area (Å²) in [5, 5.41) is 19.8. The number of hydrogen-bond donors (Lipinski definition) is 2. The van der Waals surface area contributed by atoms with E-state index in [4.69, 9.17) is 0 Å². The molecule has 0 bridgehead atoms. The summed E-state index contributed by atoms with van der Waals surface area (Å²) in [5.41, 5.74) is 1.68. The average Bonchev–Trinajstić information content (AvgIpc) is 2.72. The minimum absolute atomic E-state index is 0.0834. The molecule has 108 valence electrons. The van der Waals surface area contributed by atoms with Crippen LogP contribution in [0.25, 0.3) is 0 Å². The zero-order valence-corrected chi connectivity index (χ0v) is 12.1. The van der Waals surface area contributed by atoms with Crippen molar-refractivity contribution in [3.05, 3.63) is 35.6 Å². The molecule has 0 aliphatic heterocycles. The van der Waals surface area contributed by atoms with Crippen LogP contribution in [0.3, 0.4) is 0 Å². The van der Waals surface area contributed by atoms with Crippen molar-refractivity contribution in [1.29, 1.82) is 0 Å². The highest BCUT2D eigenvalue weighted by atomic mass is 16.3. The molecule has 0 aromatic rings. The molecule has 2 saturated carbocycles. The summed E-state index contributed by atoms with van der Waals surface area (Å²) in [4.78, 5) is 0. The largest absolute Gasteiger partial charge is 0.508 e. The van der Waals surface area contributed by atoms with Gasteiger partial charge in [-0.15, -0.1) is 0 Å². The molecule has 20 heavy (non-hydrogen) atoms. The Labute approximate surface area is 120 Å². The van der Waals surface area contributed by atoms with Crippen molar-refractivity contribution >= 4 is 0 Å². The van der Waals surface area contributed by atoms with Gasteiger partial charge in [0.2, 0.25) is 0 Å². The quantitative estimate of drug-likeness (QED) is 0.705. The summed E-state index contributed by atoms with van der Waals surface area (Å²) in [6.45, 7) is 2.39. The molecule has 4 aliphatic carbocycles. The highest BCUT2D eigenvalue weighted by Crippen LogP contribution is 2.60. The van der Waals surface area contributed by atoms with E-state index >= 15 is 0 Å². The smallest absolute Gasteiger partial charge is 0.115 e. The van der Waals surface area contributed by atoms with E-state index in [1.54, 1.807) is 0 Å².